The molecule has 0 unspecified atom stereocenters. The number of methoxy groups -OCH3 is 1. The van der Waals surface area contributed by atoms with Crippen LogP contribution in [0.3, 0.4) is 0 Å². The van der Waals surface area contributed by atoms with Gasteiger partial charge < -0.3 is 9.64 Å². The Bertz CT molecular complexity index is 309. The summed E-state index contributed by atoms with van der Waals surface area (Å²) in [4.78, 5) is 10.3. The van der Waals surface area contributed by atoms with Gasteiger partial charge in [0.1, 0.15) is 12.1 Å². The fourth-order valence-electron chi connectivity index (χ4n) is 1.39. The van der Waals surface area contributed by atoms with E-state index in [2.05, 4.69) is 30.8 Å². The van der Waals surface area contributed by atoms with Crippen LogP contribution in [-0.2, 0) is 0 Å². The average molecular weight is 288 g/mol. The summed E-state index contributed by atoms with van der Waals surface area (Å²) in [5, 5.41) is 1.08. The summed E-state index contributed by atoms with van der Waals surface area (Å²) < 4.78 is 5.06. The summed E-state index contributed by atoms with van der Waals surface area (Å²) in [5.41, 5.74) is 0. The lowest BCUT2D eigenvalue weighted by atomic mass is 10.2. The van der Waals surface area contributed by atoms with E-state index >= 15 is 0 Å². The fraction of sp³-hybridized carbons (Fsp3) is 0.636. The van der Waals surface area contributed by atoms with Gasteiger partial charge in [-0.1, -0.05) is 22.4 Å². The van der Waals surface area contributed by atoms with Crippen molar-refractivity contribution in [3.05, 3.63) is 12.4 Å². The van der Waals surface area contributed by atoms with Crippen LogP contribution < -0.4 is 9.64 Å². The molecular weight excluding hydrogens is 270 g/mol. The van der Waals surface area contributed by atoms with Gasteiger partial charge in [-0.25, -0.2) is 9.97 Å². The maximum atomic E-state index is 5.06. The van der Waals surface area contributed by atoms with Gasteiger partial charge in [0.15, 0.2) is 0 Å². The average Bonchev–Trinajstić information content (AvgIpc) is 2.34. The Morgan fingerprint density at radius 2 is 2.12 bits per heavy atom. The predicted octanol–water partition coefficient (Wildman–Crippen LogP) is 2.49. The number of hydrogen-bond donors (Lipinski definition) is 0. The second-order valence-corrected chi connectivity index (χ2v) is 4.38. The molecule has 1 aromatic heterocycles. The summed E-state index contributed by atoms with van der Waals surface area (Å²) in [7, 11) is 3.65. The standard InChI is InChI=1S/C11H18BrN3O/c1-15(7-5-3-4-6-12)10-8-11(16-2)14-9-13-10/h8-9H,3-7H2,1-2H3. The van der Waals surface area contributed by atoms with E-state index in [4.69, 9.17) is 4.74 Å². The maximum absolute atomic E-state index is 5.06. The van der Waals surface area contributed by atoms with E-state index in [0.717, 1.165) is 17.7 Å². The van der Waals surface area contributed by atoms with Gasteiger partial charge in [0.2, 0.25) is 5.88 Å². The highest BCUT2D eigenvalue weighted by Crippen LogP contribution is 2.14. The van der Waals surface area contributed by atoms with Crippen molar-refractivity contribution < 1.29 is 4.74 Å². The van der Waals surface area contributed by atoms with Crippen molar-refractivity contribution in [1.29, 1.82) is 0 Å². The van der Waals surface area contributed by atoms with Crippen molar-refractivity contribution in [3.8, 4) is 5.88 Å². The Labute approximate surface area is 105 Å². The molecule has 0 radical (unpaired) electrons. The van der Waals surface area contributed by atoms with Crippen LogP contribution in [0.1, 0.15) is 19.3 Å². The summed E-state index contributed by atoms with van der Waals surface area (Å²) >= 11 is 3.43. The second kappa shape index (κ2) is 7.44. The first-order valence-corrected chi connectivity index (χ1v) is 6.53. The van der Waals surface area contributed by atoms with Gasteiger partial charge >= 0.3 is 0 Å². The molecule has 0 aromatic carbocycles. The van der Waals surface area contributed by atoms with Gasteiger partial charge in [-0.2, -0.15) is 0 Å². The Kier molecular flexibility index (Phi) is 6.15. The first-order valence-electron chi connectivity index (χ1n) is 5.41. The first kappa shape index (κ1) is 13.2. The highest BCUT2D eigenvalue weighted by atomic mass is 79.9. The molecule has 90 valence electrons. The summed E-state index contributed by atoms with van der Waals surface area (Å²) in [6, 6.07) is 1.85. The SMILES string of the molecule is COc1cc(N(C)CCCCCBr)ncn1. The van der Waals surface area contributed by atoms with Crippen LogP contribution in [-0.4, -0.2) is 36.0 Å². The van der Waals surface area contributed by atoms with E-state index in [1.165, 1.54) is 25.6 Å². The molecule has 0 aliphatic carbocycles. The monoisotopic (exact) mass is 287 g/mol. The first-order chi connectivity index (χ1) is 7.77. The predicted molar refractivity (Wildman–Crippen MR) is 69.5 cm³/mol. The minimum absolute atomic E-state index is 0.609. The smallest absolute Gasteiger partial charge is 0.218 e. The molecule has 1 aromatic rings. The largest absolute Gasteiger partial charge is 0.481 e. The van der Waals surface area contributed by atoms with Gasteiger partial charge in [-0.3, -0.25) is 0 Å². The molecule has 16 heavy (non-hydrogen) atoms. The van der Waals surface area contributed by atoms with Crippen molar-refractivity contribution in [2.75, 3.05) is 30.9 Å². The number of ether oxygens (including phenoxy) is 1. The highest BCUT2D eigenvalue weighted by Gasteiger charge is 2.03. The molecule has 0 bridgehead atoms. The summed E-state index contributed by atoms with van der Waals surface area (Å²) in [6.45, 7) is 1.01. The van der Waals surface area contributed by atoms with Crippen LogP contribution >= 0.6 is 15.9 Å². The number of hydrogen-bond acceptors (Lipinski definition) is 4. The maximum Gasteiger partial charge on any atom is 0.218 e. The number of aromatic nitrogens is 2. The van der Waals surface area contributed by atoms with Gasteiger partial charge in [-0.05, 0) is 12.8 Å². The third kappa shape index (κ3) is 4.35. The minimum Gasteiger partial charge on any atom is -0.481 e. The Hall–Kier alpha value is -0.840. The van der Waals surface area contributed by atoms with Crippen molar-refractivity contribution in [1.82, 2.24) is 9.97 Å². The Morgan fingerprint density at radius 3 is 2.81 bits per heavy atom. The van der Waals surface area contributed by atoms with E-state index < -0.39 is 0 Å². The zero-order valence-electron chi connectivity index (χ0n) is 9.82. The third-order valence-corrected chi connectivity index (χ3v) is 2.92. The van der Waals surface area contributed by atoms with Crippen molar-refractivity contribution in [2.24, 2.45) is 0 Å². The normalized spacial score (nSPS) is 10.2. The highest BCUT2D eigenvalue weighted by molar-refractivity contribution is 9.09. The van der Waals surface area contributed by atoms with E-state index in [9.17, 15) is 0 Å². The van der Waals surface area contributed by atoms with Gasteiger partial charge in [0.05, 0.1) is 7.11 Å². The summed E-state index contributed by atoms with van der Waals surface area (Å²) in [5.74, 6) is 1.52. The molecule has 0 saturated carbocycles. The van der Waals surface area contributed by atoms with Gasteiger partial charge in [0.25, 0.3) is 0 Å². The van der Waals surface area contributed by atoms with E-state index in [1.807, 2.05) is 13.1 Å². The van der Waals surface area contributed by atoms with E-state index in [0.29, 0.717) is 5.88 Å². The number of nitrogens with zero attached hydrogens (tertiary/aromatic N) is 3. The molecular formula is C11H18BrN3O. The fourth-order valence-corrected chi connectivity index (χ4v) is 1.78. The number of alkyl halides is 1. The molecule has 0 N–H and O–H groups in total. The second-order valence-electron chi connectivity index (χ2n) is 3.59. The van der Waals surface area contributed by atoms with Gasteiger partial charge in [0, 0.05) is 25.0 Å². The minimum atomic E-state index is 0.609. The lowest BCUT2D eigenvalue weighted by Crippen LogP contribution is -2.19. The molecule has 0 amide bonds. The number of anilines is 1. The molecule has 0 atom stereocenters. The van der Waals surface area contributed by atoms with Crippen molar-refractivity contribution in [3.63, 3.8) is 0 Å². The molecule has 1 heterocycles. The Balaban J connectivity index is 2.42. The topological polar surface area (TPSA) is 38.2 Å². The Morgan fingerprint density at radius 1 is 1.31 bits per heavy atom. The number of unbranched alkanes of at least 4 members (excludes halogenated alkanes) is 2. The molecule has 4 nitrogen and oxygen atoms in total. The van der Waals surface area contributed by atoms with Gasteiger partial charge in [-0.15, -0.1) is 0 Å². The lowest BCUT2D eigenvalue weighted by Gasteiger charge is -2.17. The molecule has 1 rings (SSSR count). The van der Waals surface area contributed by atoms with Crippen LogP contribution in [0, 0.1) is 0 Å². The molecule has 5 heteroatoms. The quantitative estimate of drug-likeness (QED) is 0.571. The van der Waals surface area contributed by atoms with Crippen LogP contribution in [0.5, 0.6) is 5.88 Å². The van der Waals surface area contributed by atoms with E-state index in [-0.39, 0.29) is 0 Å². The zero-order chi connectivity index (χ0) is 11.8. The lowest BCUT2D eigenvalue weighted by molar-refractivity contribution is 0.397. The number of halogens is 1. The molecule has 0 aliphatic heterocycles. The summed E-state index contributed by atoms with van der Waals surface area (Å²) in [6.07, 6.45) is 5.16. The van der Waals surface area contributed by atoms with E-state index in [1.54, 1.807) is 7.11 Å². The van der Waals surface area contributed by atoms with Crippen molar-refractivity contribution in [2.45, 2.75) is 19.3 Å². The van der Waals surface area contributed by atoms with Crippen LogP contribution in [0.2, 0.25) is 0 Å². The third-order valence-electron chi connectivity index (χ3n) is 2.35. The number of rotatable bonds is 7. The molecule has 0 saturated heterocycles. The molecule has 0 spiro atoms. The van der Waals surface area contributed by atoms with Crippen molar-refractivity contribution >= 4 is 21.7 Å². The molecule has 0 fully saturated rings. The van der Waals surface area contributed by atoms with Crippen LogP contribution in [0.4, 0.5) is 5.82 Å². The van der Waals surface area contributed by atoms with Crippen LogP contribution in [0.15, 0.2) is 12.4 Å². The zero-order valence-corrected chi connectivity index (χ0v) is 11.4. The molecule has 0 aliphatic rings. The van der Waals surface area contributed by atoms with Crippen LogP contribution in [0.25, 0.3) is 0 Å².